The highest BCUT2D eigenvalue weighted by Gasteiger charge is 2.21. The van der Waals surface area contributed by atoms with Gasteiger partial charge in [0.25, 0.3) is 11.8 Å². The number of nitrogens with one attached hydrogen (secondary N) is 2. The van der Waals surface area contributed by atoms with E-state index in [-0.39, 0.29) is 17.9 Å². The molecule has 2 N–H and O–H groups in total. The lowest BCUT2D eigenvalue weighted by Crippen LogP contribution is -2.46. The first-order chi connectivity index (χ1) is 10.5. The van der Waals surface area contributed by atoms with E-state index >= 15 is 0 Å². The van der Waals surface area contributed by atoms with Gasteiger partial charge in [0.2, 0.25) is 0 Å². The molecule has 2 atom stereocenters. The second-order valence-corrected chi connectivity index (χ2v) is 5.95. The Bertz CT molecular complexity index is 544. The maximum atomic E-state index is 12.4. The molecule has 5 nitrogen and oxygen atoms in total. The third-order valence-electron chi connectivity index (χ3n) is 4.15. The third-order valence-corrected chi connectivity index (χ3v) is 4.15. The SMILES string of the molecule is CCN(C)C(=O)c1cccc(C(=O)NC2CCNC(C)C2)c1. The second-order valence-electron chi connectivity index (χ2n) is 5.95. The van der Waals surface area contributed by atoms with Gasteiger partial charge in [0.15, 0.2) is 0 Å². The van der Waals surface area contributed by atoms with E-state index in [2.05, 4.69) is 17.6 Å². The van der Waals surface area contributed by atoms with E-state index in [1.165, 1.54) is 0 Å². The van der Waals surface area contributed by atoms with Gasteiger partial charge in [-0.1, -0.05) is 6.07 Å². The molecule has 1 aromatic rings. The Balaban J connectivity index is 2.05. The van der Waals surface area contributed by atoms with Crippen LogP contribution in [0.4, 0.5) is 0 Å². The van der Waals surface area contributed by atoms with Gasteiger partial charge in [-0.3, -0.25) is 9.59 Å². The number of carbonyl (C=O) groups is 2. The fourth-order valence-corrected chi connectivity index (χ4v) is 2.69. The fourth-order valence-electron chi connectivity index (χ4n) is 2.69. The van der Waals surface area contributed by atoms with Crippen LogP contribution >= 0.6 is 0 Å². The van der Waals surface area contributed by atoms with Crippen molar-refractivity contribution in [3.63, 3.8) is 0 Å². The molecule has 2 amide bonds. The van der Waals surface area contributed by atoms with Gasteiger partial charge >= 0.3 is 0 Å². The van der Waals surface area contributed by atoms with Crippen molar-refractivity contribution in [2.75, 3.05) is 20.1 Å². The van der Waals surface area contributed by atoms with E-state index in [0.717, 1.165) is 19.4 Å². The smallest absolute Gasteiger partial charge is 0.253 e. The van der Waals surface area contributed by atoms with Crippen LogP contribution in [-0.4, -0.2) is 48.9 Å². The van der Waals surface area contributed by atoms with Crippen molar-refractivity contribution >= 4 is 11.8 Å². The summed E-state index contributed by atoms with van der Waals surface area (Å²) < 4.78 is 0. The normalized spacial score (nSPS) is 21.2. The molecule has 0 spiro atoms. The fraction of sp³-hybridized carbons (Fsp3) is 0.529. The molecule has 120 valence electrons. The summed E-state index contributed by atoms with van der Waals surface area (Å²) >= 11 is 0. The van der Waals surface area contributed by atoms with Gasteiger partial charge in [-0.25, -0.2) is 0 Å². The summed E-state index contributed by atoms with van der Waals surface area (Å²) in [5.74, 6) is -0.166. The van der Waals surface area contributed by atoms with Crippen LogP contribution in [-0.2, 0) is 0 Å². The van der Waals surface area contributed by atoms with E-state index in [9.17, 15) is 9.59 Å². The Morgan fingerprint density at radius 2 is 2.09 bits per heavy atom. The molecular weight excluding hydrogens is 278 g/mol. The van der Waals surface area contributed by atoms with E-state index in [4.69, 9.17) is 0 Å². The molecule has 2 unspecified atom stereocenters. The Labute approximate surface area is 132 Å². The molecule has 0 bridgehead atoms. The van der Waals surface area contributed by atoms with Gasteiger partial charge in [0.1, 0.15) is 0 Å². The van der Waals surface area contributed by atoms with Crippen molar-refractivity contribution in [3.8, 4) is 0 Å². The molecule has 1 aliphatic heterocycles. The van der Waals surface area contributed by atoms with Crippen LogP contribution in [0, 0.1) is 0 Å². The molecule has 1 heterocycles. The zero-order chi connectivity index (χ0) is 16.1. The molecule has 22 heavy (non-hydrogen) atoms. The Morgan fingerprint density at radius 1 is 1.36 bits per heavy atom. The van der Waals surface area contributed by atoms with Crippen LogP contribution in [0.25, 0.3) is 0 Å². The van der Waals surface area contributed by atoms with Crippen molar-refractivity contribution in [2.24, 2.45) is 0 Å². The Hall–Kier alpha value is -1.88. The second kappa shape index (κ2) is 7.40. The topological polar surface area (TPSA) is 61.4 Å². The van der Waals surface area contributed by atoms with Crippen molar-refractivity contribution in [1.82, 2.24) is 15.5 Å². The lowest BCUT2D eigenvalue weighted by molar-refractivity contribution is 0.0802. The molecule has 0 aliphatic carbocycles. The average molecular weight is 303 g/mol. The summed E-state index contributed by atoms with van der Waals surface area (Å²) in [7, 11) is 1.76. The number of piperidine rings is 1. The first kappa shape index (κ1) is 16.5. The van der Waals surface area contributed by atoms with E-state index in [0.29, 0.717) is 23.7 Å². The maximum Gasteiger partial charge on any atom is 0.253 e. The molecule has 0 saturated carbocycles. The summed E-state index contributed by atoms with van der Waals surface area (Å²) in [5, 5.41) is 6.44. The van der Waals surface area contributed by atoms with Crippen molar-refractivity contribution in [1.29, 1.82) is 0 Å². The number of carbonyl (C=O) groups excluding carboxylic acids is 2. The predicted molar refractivity (Wildman–Crippen MR) is 87.0 cm³/mol. The summed E-state index contributed by atoms with van der Waals surface area (Å²) in [4.78, 5) is 26.2. The molecule has 0 radical (unpaired) electrons. The minimum Gasteiger partial charge on any atom is -0.349 e. The largest absolute Gasteiger partial charge is 0.349 e. The van der Waals surface area contributed by atoms with E-state index in [1.807, 2.05) is 6.92 Å². The molecule has 5 heteroatoms. The number of amides is 2. The molecular formula is C17H25N3O2. The molecule has 1 aromatic carbocycles. The highest BCUT2D eigenvalue weighted by molar-refractivity contribution is 5.99. The number of benzene rings is 1. The summed E-state index contributed by atoms with van der Waals surface area (Å²) in [5.41, 5.74) is 1.09. The number of hydrogen-bond donors (Lipinski definition) is 2. The van der Waals surface area contributed by atoms with Gasteiger partial charge in [-0.2, -0.15) is 0 Å². The molecule has 2 rings (SSSR count). The van der Waals surface area contributed by atoms with Gasteiger partial charge in [0.05, 0.1) is 0 Å². The van der Waals surface area contributed by atoms with Crippen LogP contribution in [0.1, 0.15) is 47.4 Å². The number of rotatable bonds is 4. The first-order valence-corrected chi connectivity index (χ1v) is 7.91. The summed E-state index contributed by atoms with van der Waals surface area (Å²) in [6, 6.07) is 7.55. The van der Waals surface area contributed by atoms with E-state index in [1.54, 1.807) is 36.2 Å². The van der Waals surface area contributed by atoms with Gasteiger partial charge < -0.3 is 15.5 Å². The van der Waals surface area contributed by atoms with Crippen molar-refractivity contribution in [3.05, 3.63) is 35.4 Å². The van der Waals surface area contributed by atoms with Crippen LogP contribution in [0.15, 0.2) is 24.3 Å². The van der Waals surface area contributed by atoms with Gasteiger partial charge in [-0.15, -0.1) is 0 Å². The van der Waals surface area contributed by atoms with Crippen molar-refractivity contribution < 1.29 is 9.59 Å². The van der Waals surface area contributed by atoms with E-state index < -0.39 is 0 Å². The third kappa shape index (κ3) is 4.07. The highest BCUT2D eigenvalue weighted by atomic mass is 16.2. The monoisotopic (exact) mass is 303 g/mol. The lowest BCUT2D eigenvalue weighted by Gasteiger charge is -2.28. The number of hydrogen-bond acceptors (Lipinski definition) is 3. The van der Waals surface area contributed by atoms with Crippen LogP contribution in [0.3, 0.4) is 0 Å². The van der Waals surface area contributed by atoms with Gasteiger partial charge in [-0.05, 0) is 51.4 Å². The number of nitrogens with zero attached hydrogens (tertiary/aromatic N) is 1. The molecule has 1 aliphatic rings. The summed E-state index contributed by atoms with van der Waals surface area (Å²) in [6.07, 6.45) is 1.87. The van der Waals surface area contributed by atoms with Gasteiger partial charge in [0, 0.05) is 36.8 Å². The average Bonchev–Trinajstić information content (AvgIpc) is 2.53. The summed E-state index contributed by atoms with van der Waals surface area (Å²) in [6.45, 7) is 5.61. The van der Waals surface area contributed by atoms with Crippen LogP contribution in [0.2, 0.25) is 0 Å². The van der Waals surface area contributed by atoms with Crippen LogP contribution in [0.5, 0.6) is 0 Å². The first-order valence-electron chi connectivity index (χ1n) is 7.91. The minimum absolute atomic E-state index is 0.0624. The Kier molecular flexibility index (Phi) is 5.55. The predicted octanol–water partition coefficient (Wildman–Crippen LogP) is 1.65. The quantitative estimate of drug-likeness (QED) is 0.889. The zero-order valence-corrected chi connectivity index (χ0v) is 13.6. The highest BCUT2D eigenvalue weighted by Crippen LogP contribution is 2.11. The minimum atomic E-state index is -0.104. The maximum absolute atomic E-state index is 12.4. The lowest BCUT2D eigenvalue weighted by atomic mass is 10.00. The Morgan fingerprint density at radius 3 is 2.77 bits per heavy atom. The standard InChI is InChI=1S/C17H25N3O2/c1-4-20(3)17(22)14-7-5-6-13(11-14)16(21)19-15-8-9-18-12(2)10-15/h5-7,11-12,15,18H,4,8-10H2,1-3H3,(H,19,21). The molecule has 1 saturated heterocycles. The zero-order valence-electron chi connectivity index (χ0n) is 13.6. The van der Waals surface area contributed by atoms with Crippen LogP contribution < -0.4 is 10.6 Å². The van der Waals surface area contributed by atoms with Crippen molar-refractivity contribution in [2.45, 2.75) is 38.8 Å². The molecule has 0 aromatic heterocycles. The molecule has 1 fully saturated rings.